The van der Waals surface area contributed by atoms with Crippen molar-refractivity contribution in [3.05, 3.63) is 118 Å². The van der Waals surface area contributed by atoms with E-state index in [1.165, 1.54) is 30.5 Å². The SMILES string of the molecule is Cc1ccc(S(=O)(=O)ON)cc1.Cc1ccc(S(=O)(=O)[O-])cc1.FC(F)(F)c1cncc(Cl)c1.N[n+]1cc(Cl)cc(C(F)(F)F)c1. The lowest BCUT2D eigenvalue weighted by Crippen LogP contribution is -2.44. The van der Waals surface area contributed by atoms with Crippen LogP contribution in [0, 0.1) is 13.8 Å². The molecule has 2 aromatic carbocycles. The number of halogens is 8. The fraction of sp³-hybridized carbons (Fsp3) is 0.154. The van der Waals surface area contributed by atoms with E-state index < -0.39 is 43.7 Å². The van der Waals surface area contributed by atoms with Crippen molar-refractivity contribution < 1.29 is 56.7 Å². The van der Waals surface area contributed by atoms with E-state index in [4.69, 9.17) is 29.0 Å². The van der Waals surface area contributed by atoms with E-state index in [-0.39, 0.29) is 19.8 Å². The van der Waals surface area contributed by atoms with Crippen LogP contribution in [0.4, 0.5) is 26.3 Å². The largest absolute Gasteiger partial charge is 0.744 e. The number of pyridine rings is 2. The molecule has 2 aromatic heterocycles. The number of aryl methyl sites for hydroxylation is 2. The summed E-state index contributed by atoms with van der Waals surface area (Å²) >= 11 is 10.6. The van der Waals surface area contributed by atoms with Gasteiger partial charge in [-0.05, 0) is 50.2 Å². The molecule has 0 aliphatic rings. The molecule has 46 heavy (non-hydrogen) atoms. The number of aromatic nitrogens is 2. The van der Waals surface area contributed by atoms with Gasteiger partial charge in [-0.2, -0.15) is 44.9 Å². The molecule has 0 spiro atoms. The van der Waals surface area contributed by atoms with Gasteiger partial charge in [-0.1, -0.05) is 63.3 Å². The van der Waals surface area contributed by atoms with Crippen molar-refractivity contribution in [3.8, 4) is 0 Å². The number of benzene rings is 2. The smallest absolute Gasteiger partial charge is 0.422 e. The van der Waals surface area contributed by atoms with Gasteiger partial charge in [0, 0.05) is 12.4 Å². The molecule has 0 radical (unpaired) electrons. The van der Waals surface area contributed by atoms with E-state index in [1.54, 1.807) is 24.3 Å². The number of nitrogens with two attached hydrogens (primary N) is 2. The number of nitrogen functional groups attached to an aromatic ring is 1. The molecular weight excluding hydrogens is 713 g/mol. The van der Waals surface area contributed by atoms with Crippen LogP contribution in [-0.4, -0.2) is 26.4 Å². The van der Waals surface area contributed by atoms with Crippen LogP contribution >= 0.6 is 23.2 Å². The van der Waals surface area contributed by atoms with Crippen molar-refractivity contribution in [2.75, 3.05) is 5.84 Å². The third kappa shape index (κ3) is 14.7. The van der Waals surface area contributed by atoms with Gasteiger partial charge in [0.2, 0.25) is 12.4 Å². The number of rotatable bonds is 3. The standard InChI is InChI=1S/C7H9NO3S.C7H8O3S.C6H5ClF3N2.C6H3ClF3N/c1-6-2-4-7(5-3-6)12(9,10)11-8;1-6-2-4-7(5-3-6)11(8,9)10;7-5-1-4(6(8,9)10)2-12(11)3-5;7-5-1-4(2-11-3-5)6(8,9)10/h2-5H,8H2,1H3;2-5H,1H3,(H,8,9,10);1-3H,11H2;1-3H/q;;+1;/p-1. The highest BCUT2D eigenvalue weighted by molar-refractivity contribution is 7.86. The van der Waals surface area contributed by atoms with Crippen molar-refractivity contribution in [1.82, 2.24) is 4.98 Å². The molecule has 0 amide bonds. The van der Waals surface area contributed by atoms with Crippen LogP contribution in [0.2, 0.25) is 10.0 Å². The molecule has 0 atom stereocenters. The predicted molar refractivity (Wildman–Crippen MR) is 154 cm³/mol. The van der Waals surface area contributed by atoms with Gasteiger partial charge in [-0.3, -0.25) is 4.98 Å². The Morgan fingerprint density at radius 2 is 1.17 bits per heavy atom. The maximum absolute atomic E-state index is 12.0. The molecule has 10 nitrogen and oxygen atoms in total. The zero-order valence-electron chi connectivity index (χ0n) is 23.4. The van der Waals surface area contributed by atoms with E-state index >= 15 is 0 Å². The van der Waals surface area contributed by atoms with Gasteiger partial charge in [-0.25, -0.2) is 14.3 Å². The van der Waals surface area contributed by atoms with E-state index in [9.17, 15) is 47.7 Å². The second-order valence-corrected chi connectivity index (χ2v) is 12.5. The minimum Gasteiger partial charge on any atom is -0.744 e. The average molecular weight is 738 g/mol. The minimum atomic E-state index is -4.41. The highest BCUT2D eigenvalue weighted by Crippen LogP contribution is 2.30. The van der Waals surface area contributed by atoms with E-state index in [0.29, 0.717) is 0 Å². The summed E-state index contributed by atoms with van der Waals surface area (Å²) in [6, 6.07) is 13.7. The summed E-state index contributed by atoms with van der Waals surface area (Å²) in [5.74, 6) is 9.68. The molecule has 20 heteroatoms. The van der Waals surface area contributed by atoms with Crippen LogP contribution in [0.3, 0.4) is 0 Å². The fourth-order valence-corrected chi connectivity index (χ4v) is 4.20. The first-order valence-corrected chi connectivity index (χ1v) is 15.5. The van der Waals surface area contributed by atoms with Crippen LogP contribution in [0.1, 0.15) is 22.3 Å². The second-order valence-electron chi connectivity index (χ2n) is 8.71. The lowest BCUT2D eigenvalue weighted by Gasteiger charge is -2.05. The Labute approximate surface area is 270 Å². The van der Waals surface area contributed by atoms with E-state index in [0.717, 1.165) is 46.5 Å². The van der Waals surface area contributed by atoms with Crippen LogP contribution in [0.15, 0.2) is 95.2 Å². The summed E-state index contributed by atoms with van der Waals surface area (Å²) in [5.41, 5.74) is 0.214. The Balaban J connectivity index is 0.000000307. The van der Waals surface area contributed by atoms with Gasteiger partial charge in [0.1, 0.15) is 20.7 Å². The molecule has 252 valence electrons. The molecule has 0 fully saturated rings. The van der Waals surface area contributed by atoms with Crippen LogP contribution < -0.4 is 16.4 Å². The first-order chi connectivity index (χ1) is 21.0. The Morgan fingerprint density at radius 1 is 0.739 bits per heavy atom. The fourth-order valence-electron chi connectivity index (χ4n) is 2.75. The number of hydrogen-bond donors (Lipinski definition) is 2. The Morgan fingerprint density at radius 3 is 1.52 bits per heavy atom. The predicted octanol–water partition coefficient (Wildman–Crippen LogP) is 5.59. The molecule has 0 saturated carbocycles. The molecule has 4 aromatic rings. The maximum atomic E-state index is 12.0. The molecule has 0 bridgehead atoms. The average Bonchev–Trinajstić information content (AvgIpc) is 2.93. The Bertz CT molecular complexity index is 1770. The molecule has 4 rings (SSSR count). The molecule has 4 N–H and O–H groups in total. The van der Waals surface area contributed by atoms with Gasteiger partial charge in [0.05, 0.1) is 20.4 Å². The molecule has 0 aliphatic carbocycles. The highest BCUT2D eigenvalue weighted by atomic mass is 35.5. The topological polar surface area (TPSA) is 169 Å². The lowest BCUT2D eigenvalue weighted by atomic mass is 10.2. The van der Waals surface area contributed by atoms with Crippen LogP contribution in [0.25, 0.3) is 0 Å². The molecule has 0 aliphatic heterocycles. The van der Waals surface area contributed by atoms with Gasteiger partial charge >= 0.3 is 22.5 Å². The van der Waals surface area contributed by atoms with Gasteiger partial charge in [-0.15, -0.1) is 0 Å². The first kappa shape index (κ1) is 40.5. The lowest BCUT2D eigenvalue weighted by molar-refractivity contribution is -0.639. The monoisotopic (exact) mass is 736 g/mol. The summed E-state index contributed by atoms with van der Waals surface area (Å²) in [7, 11) is -8.01. The Kier molecular flexibility index (Phi) is 14.9. The molecule has 0 unspecified atom stereocenters. The van der Waals surface area contributed by atoms with E-state index in [1.807, 2.05) is 13.8 Å². The quantitative estimate of drug-likeness (QED) is 0.0896. The van der Waals surface area contributed by atoms with E-state index in [2.05, 4.69) is 15.2 Å². The summed E-state index contributed by atoms with van der Waals surface area (Å²) in [6.45, 7) is 3.68. The normalized spacial score (nSPS) is 11.6. The summed E-state index contributed by atoms with van der Waals surface area (Å²) in [5, 5.41) is -0.0628. The van der Waals surface area contributed by atoms with Crippen molar-refractivity contribution in [2.24, 2.45) is 5.90 Å². The number of nitrogens with zero attached hydrogens (tertiary/aromatic N) is 2. The zero-order chi connectivity index (χ0) is 35.5. The van der Waals surface area contributed by atoms with Crippen molar-refractivity contribution in [1.29, 1.82) is 0 Å². The van der Waals surface area contributed by atoms with Crippen LogP contribution in [0.5, 0.6) is 0 Å². The van der Waals surface area contributed by atoms with Crippen molar-refractivity contribution in [2.45, 2.75) is 36.0 Å². The Hall–Kier alpha value is -3.52. The van der Waals surface area contributed by atoms with Crippen LogP contribution in [-0.2, 0) is 36.9 Å². The van der Waals surface area contributed by atoms with Gasteiger partial charge in [0.15, 0.2) is 0 Å². The summed E-state index contributed by atoms with van der Waals surface area (Å²) < 4.78 is 129. The molecule has 2 heterocycles. The van der Waals surface area contributed by atoms with Crippen molar-refractivity contribution in [3.63, 3.8) is 0 Å². The third-order valence-electron chi connectivity index (χ3n) is 4.96. The number of hydrogen-bond acceptors (Lipinski definition) is 9. The number of alkyl halides is 6. The van der Waals surface area contributed by atoms with Crippen molar-refractivity contribution >= 4 is 43.4 Å². The van der Waals surface area contributed by atoms with Gasteiger partial charge in [0.25, 0.3) is 0 Å². The minimum absolute atomic E-state index is 0.0141. The summed E-state index contributed by atoms with van der Waals surface area (Å²) in [4.78, 5) is 3.19. The maximum Gasteiger partial charge on any atom is 0.422 e. The summed E-state index contributed by atoms with van der Waals surface area (Å²) in [6.07, 6.45) is -4.96. The molecule has 0 saturated heterocycles. The second kappa shape index (κ2) is 16.9. The third-order valence-corrected chi connectivity index (χ3v) is 7.33. The van der Waals surface area contributed by atoms with Gasteiger partial charge < -0.3 is 4.55 Å². The zero-order valence-corrected chi connectivity index (χ0v) is 26.6. The first-order valence-electron chi connectivity index (χ1n) is 11.9. The molecular formula is C26H24Cl2F6N4O6S2. The highest BCUT2D eigenvalue weighted by Gasteiger charge is 2.34.